The normalized spacial score (nSPS) is 15.9. The van der Waals surface area contributed by atoms with E-state index in [9.17, 15) is 14.7 Å². The number of halogens is 1. The molecule has 1 fully saturated rings. The van der Waals surface area contributed by atoms with Crippen LogP contribution in [0.2, 0.25) is 5.02 Å². The van der Waals surface area contributed by atoms with E-state index in [0.717, 1.165) is 16.7 Å². The number of benzene rings is 4. The van der Waals surface area contributed by atoms with Gasteiger partial charge in [0.1, 0.15) is 18.1 Å². The number of carbonyl (C=O) groups is 2. The van der Waals surface area contributed by atoms with Crippen LogP contribution in [0.1, 0.15) is 36.1 Å². The minimum Gasteiger partial charge on any atom is -0.507 e. The summed E-state index contributed by atoms with van der Waals surface area (Å²) < 4.78 is 18.2. The molecule has 1 aromatic heterocycles. The number of ketones is 1. The molecular formula is C35H29ClN2O6S. The number of amides is 1. The third-order valence-corrected chi connectivity index (χ3v) is 8.58. The summed E-state index contributed by atoms with van der Waals surface area (Å²) in [4.78, 5) is 33.4. The van der Waals surface area contributed by atoms with Crippen LogP contribution in [0.5, 0.6) is 17.2 Å². The van der Waals surface area contributed by atoms with Gasteiger partial charge in [-0.2, -0.15) is 0 Å². The largest absolute Gasteiger partial charge is 0.507 e. The van der Waals surface area contributed by atoms with E-state index in [1.54, 1.807) is 60.7 Å². The van der Waals surface area contributed by atoms with Crippen molar-refractivity contribution in [3.05, 3.63) is 118 Å². The zero-order chi connectivity index (χ0) is 31.5. The van der Waals surface area contributed by atoms with Gasteiger partial charge < -0.3 is 19.3 Å². The van der Waals surface area contributed by atoms with Gasteiger partial charge in [0.25, 0.3) is 5.78 Å². The summed E-state index contributed by atoms with van der Waals surface area (Å²) in [5.74, 6) is -0.422. The topological polar surface area (TPSA) is 98.2 Å². The number of fused-ring (bicyclic) bond motifs is 1. The van der Waals surface area contributed by atoms with Gasteiger partial charge in [-0.05, 0) is 72.1 Å². The van der Waals surface area contributed by atoms with Crippen molar-refractivity contribution in [1.29, 1.82) is 0 Å². The molecule has 1 atom stereocenters. The number of anilines is 1. The summed E-state index contributed by atoms with van der Waals surface area (Å²) in [7, 11) is 1.52. The maximum Gasteiger partial charge on any atom is 0.301 e. The molecule has 0 spiro atoms. The second-order valence-electron chi connectivity index (χ2n) is 10.3. The highest BCUT2D eigenvalue weighted by Crippen LogP contribution is 2.46. The first-order chi connectivity index (χ1) is 21.9. The summed E-state index contributed by atoms with van der Waals surface area (Å²) in [5.41, 5.74) is 2.44. The smallest absolute Gasteiger partial charge is 0.301 e. The molecule has 0 aliphatic carbocycles. The fourth-order valence-electron chi connectivity index (χ4n) is 5.13. The molecule has 1 aliphatic heterocycles. The van der Waals surface area contributed by atoms with Crippen LogP contribution >= 0.6 is 22.9 Å². The number of ether oxygens (including phenoxy) is 3. The van der Waals surface area contributed by atoms with Crippen molar-refractivity contribution in [2.24, 2.45) is 0 Å². The Labute approximate surface area is 269 Å². The first kappa shape index (κ1) is 30.2. The molecule has 0 radical (unpaired) electrons. The van der Waals surface area contributed by atoms with E-state index in [2.05, 4.69) is 4.98 Å². The second kappa shape index (κ2) is 13.0. The number of aromatic nitrogens is 1. The Morgan fingerprint density at radius 1 is 0.956 bits per heavy atom. The fourth-order valence-corrected chi connectivity index (χ4v) is 6.40. The zero-order valence-electron chi connectivity index (χ0n) is 24.5. The van der Waals surface area contributed by atoms with Gasteiger partial charge in [0.05, 0.1) is 35.5 Å². The number of aliphatic hydroxyl groups excluding tert-OH is 1. The van der Waals surface area contributed by atoms with Crippen molar-refractivity contribution in [3.8, 4) is 17.2 Å². The Morgan fingerprint density at radius 3 is 2.47 bits per heavy atom. The van der Waals surface area contributed by atoms with Gasteiger partial charge in [0.2, 0.25) is 0 Å². The van der Waals surface area contributed by atoms with E-state index in [1.807, 2.05) is 37.3 Å². The highest BCUT2D eigenvalue weighted by molar-refractivity contribution is 7.22. The van der Waals surface area contributed by atoms with Crippen molar-refractivity contribution in [1.82, 2.24) is 4.98 Å². The summed E-state index contributed by atoms with van der Waals surface area (Å²) in [5, 5.41) is 12.4. The average molecular weight is 641 g/mol. The molecule has 0 saturated carbocycles. The Bertz CT molecular complexity index is 1910. The van der Waals surface area contributed by atoms with Crippen LogP contribution in [-0.2, 0) is 16.2 Å². The lowest BCUT2D eigenvalue weighted by Crippen LogP contribution is -2.29. The molecule has 1 aliphatic rings. The Hall–Kier alpha value is -4.86. The van der Waals surface area contributed by atoms with Crippen molar-refractivity contribution in [2.75, 3.05) is 18.6 Å². The van der Waals surface area contributed by atoms with Crippen LogP contribution in [0.15, 0.2) is 96.6 Å². The molecule has 5 aromatic rings. The van der Waals surface area contributed by atoms with E-state index in [-0.39, 0.29) is 11.3 Å². The molecule has 4 aromatic carbocycles. The van der Waals surface area contributed by atoms with E-state index in [0.29, 0.717) is 57.3 Å². The quantitative estimate of drug-likeness (QED) is 0.0939. The number of carbonyl (C=O) groups excluding carboxylic acids is 2. The number of rotatable bonds is 10. The van der Waals surface area contributed by atoms with Crippen molar-refractivity contribution in [3.63, 3.8) is 0 Å². The van der Waals surface area contributed by atoms with Gasteiger partial charge in [0.15, 0.2) is 16.6 Å². The SMILES string of the molecule is CCCOc1ccc(C(O)=C2C(=O)C(=O)N(c3nc4ccc(Cl)cc4s3)C2c2ccc(OCc3ccccc3)c(OC)c2)cc1. The first-order valence-corrected chi connectivity index (χ1v) is 15.5. The van der Waals surface area contributed by atoms with E-state index < -0.39 is 17.7 Å². The lowest BCUT2D eigenvalue weighted by atomic mass is 9.95. The average Bonchev–Trinajstić information content (AvgIpc) is 3.60. The lowest BCUT2D eigenvalue weighted by molar-refractivity contribution is -0.132. The van der Waals surface area contributed by atoms with Crippen LogP contribution in [0.3, 0.4) is 0 Å². The molecule has 10 heteroatoms. The third-order valence-electron chi connectivity index (χ3n) is 7.33. The monoisotopic (exact) mass is 640 g/mol. The number of Topliss-reactive ketones (excluding diaryl/α,β-unsaturated/α-hetero) is 1. The second-order valence-corrected chi connectivity index (χ2v) is 11.8. The van der Waals surface area contributed by atoms with E-state index >= 15 is 0 Å². The maximum atomic E-state index is 13.7. The molecule has 8 nitrogen and oxygen atoms in total. The zero-order valence-corrected chi connectivity index (χ0v) is 26.1. The number of aliphatic hydroxyl groups is 1. The molecule has 2 heterocycles. The van der Waals surface area contributed by atoms with Gasteiger partial charge in [-0.15, -0.1) is 0 Å². The fraction of sp³-hybridized carbons (Fsp3) is 0.171. The van der Waals surface area contributed by atoms with Crippen LogP contribution < -0.4 is 19.1 Å². The minimum atomic E-state index is -1.01. The Morgan fingerprint density at radius 2 is 1.73 bits per heavy atom. The summed E-state index contributed by atoms with van der Waals surface area (Å²) in [6.07, 6.45) is 0.850. The third kappa shape index (κ3) is 6.09. The van der Waals surface area contributed by atoms with Crippen molar-refractivity contribution < 1.29 is 28.9 Å². The predicted molar refractivity (Wildman–Crippen MR) is 175 cm³/mol. The maximum absolute atomic E-state index is 13.7. The minimum absolute atomic E-state index is 0.0699. The number of hydrogen-bond acceptors (Lipinski definition) is 8. The Balaban J connectivity index is 1.45. The molecule has 45 heavy (non-hydrogen) atoms. The van der Waals surface area contributed by atoms with Crippen molar-refractivity contribution >= 4 is 55.7 Å². The molecule has 1 unspecified atom stereocenters. The molecule has 1 saturated heterocycles. The standard InChI is InChI=1S/C35H29ClN2O6S/c1-3-17-43-25-13-9-22(10-14-25)32(39)30-31(23-11-16-27(28(18-23)42-2)44-20-21-7-5-4-6-8-21)38(34(41)33(30)40)35-37-26-15-12-24(36)19-29(26)45-35/h4-16,18-19,31,39H,3,17,20H2,1-2H3. The first-order valence-electron chi connectivity index (χ1n) is 14.3. The number of nitrogens with zero attached hydrogens (tertiary/aromatic N) is 2. The number of methoxy groups -OCH3 is 1. The molecule has 1 N–H and O–H groups in total. The molecule has 228 valence electrons. The Kier molecular flexibility index (Phi) is 8.73. The van der Waals surface area contributed by atoms with Gasteiger partial charge in [0, 0.05) is 10.6 Å². The van der Waals surface area contributed by atoms with Gasteiger partial charge in [-0.25, -0.2) is 4.98 Å². The lowest BCUT2D eigenvalue weighted by Gasteiger charge is -2.24. The van der Waals surface area contributed by atoms with E-state index in [1.165, 1.54) is 23.3 Å². The predicted octanol–water partition coefficient (Wildman–Crippen LogP) is 7.95. The van der Waals surface area contributed by atoms with Crippen LogP contribution in [0, 0.1) is 0 Å². The molecular weight excluding hydrogens is 612 g/mol. The van der Waals surface area contributed by atoms with Gasteiger partial charge >= 0.3 is 5.91 Å². The summed E-state index contributed by atoms with van der Waals surface area (Å²) in [6, 6.07) is 25.9. The van der Waals surface area contributed by atoms with Crippen molar-refractivity contribution in [2.45, 2.75) is 26.0 Å². The van der Waals surface area contributed by atoms with Gasteiger partial charge in [-0.1, -0.05) is 66.3 Å². The van der Waals surface area contributed by atoms with E-state index in [4.69, 9.17) is 25.8 Å². The highest BCUT2D eigenvalue weighted by Gasteiger charge is 2.48. The summed E-state index contributed by atoms with van der Waals surface area (Å²) in [6.45, 7) is 2.88. The molecule has 1 amide bonds. The molecule has 0 bridgehead atoms. The van der Waals surface area contributed by atoms with Crippen LogP contribution in [0.4, 0.5) is 5.13 Å². The number of hydrogen-bond donors (Lipinski definition) is 1. The highest BCUT2D eigenvalue weighted by atomic mass is 35.5. The molecule has 6 rings (SSSR count). The summed E-state index contributed by atoms with van der Waals surface area (Å²) >= 11 is 7.45. The van der Waals surface area contributed by atoms with Gasteiger partial charge in [-0.3, -0.25) is 14.5 Å². The van der Waals surface area contributed by atoms with Crippen LogP contribution in [0.25, 0.3) is 16.0 Å². The van der Waals surface area contributed by atoms with Crippen LogP contribution in [-0.4, -0.2) is 35.5 Å². The number of thiazole rings is 1.